The zero-order valence-electron chi connectivity index (χ0n) is 18.7. The van der Waals surface area contributed by atoms with Crippen LogP contribution in [0.5, 0.6) is 5.75 Å². The number of nitrogens with two attached hydrogens (primary N) is 1. The van der Waals surface area contributed by atoms with Crippen molar-refractivity contribution >= 4 is 14.6 Å². The van der Waals surface area contributed by atoms with Crippen molar-refractivity contribution in [1.82, 2.24) is 20.8 Å². The van der Waals surface area contributed by atoms with Gasteiger partial charge in [-0.1, -0.05) is 48.5 Å². The van der Waals surface area contributed by atoms with E-state index in [1.54, 1.807) is 6.34 Å². The minimum absolute atomic E-state index is 0.0278. The van der Waals surface area contributed by atoms with E-state index in [1.807, 2.05) is 55.5 Å². The number of hydrogen-bond acceptors (Lipinski definition) is 9. The van der Waals surface area contributed by atoms with Crippen LogP contribution in [0.4, 0.5) is 0 Å². The highest BCUT2D eigenvalue weighted by Crippen LogP contribution is 2.34. The Kier molecular flexibility index (Phi) is 8.52. The number of hydrogen-bond donors (Lipinski definition) is 4. The van der Waals surface area contributed by atoms with E-state index in [0.29, 0.717) is 38.5 Å². The molecule has 0 saturated carbocycles. The van der Waals surface area contributed by atoms with Gasteiger partial charge >= 0.3 is 0 Å². The zero-order chi connectivity index (χ0) is 22.9. The molecule has 5 N–H and O–H groups in total. The van der Waals surface area contributed by atoms with Crippen molar-refractivity contribution in [3.8, 4) is 5.75 Å². The summed E-state index contributed by atoms with van der Waals surface area (Å²) in [6.45, 7) is 4.57. The van der Waals surface area contributed by atoms with E-state index in [1.165, 1.54) is 0 Å². The zero-order valence-corrected chi connectivity index (χ0v) is 19.6. The topological polar surface area (TPSA) is 105 Å². The molecule has 2 unspecified atom stereocenters. The molecule has 4 rings (SSSR count). The van der Waals surface area contributed by atoms with Crippen LogP contribution >= 0.6 is 8.30 Å². The standard InChI is InChI=1S/C23H31N6O3P/c1-18(14-29-16-25-21-22(24)27-28-23(21)29)31-17-33(32-20-10-6-3-7-11-20)26-12-13-30-15-19-8-4-2-5-9-19/h2-11,16,18,23,26-28H,12-15,17,24H2,1H3/t18-,23?,33?/m1/s1. The summed E-state index contributed by atoms with van der Waals surface area (Å²) in [6.07, 6.45) is 2.17. The van der Waals surface area contributed by atoms with Crippen molar-refractivity contribution in [2.75, 3.05) is 26.0 Å². The van der Waals surface area contributed by atoms with Gasteiger partial charge < -0.3 is 30.1 Å². The fourth-order valence-electron chi connectivity index (χ4n) is 3.43. The Labute approximate surface area is 195 Å². The predicted octanol–water partition coefficient (Wildman–Crippen LogP) is 2.45. The largest absolute Gasteiger partial charge is 0.456 e. The Morgan fingerprint density at radius 1 is 1.15 bits per heavy atom. The quantitative estimate of drug-likeness (QED) is 0.261. The van der Waals surface area contributed by atoms with E-state index in [-0.39, 0.29) is 12.3 Å². The smallest absolute Gasteiger partial charge is 0.187 e. The minimum atomic E-state index is -1.04. The molecule has 33 heavy (non-hydrogen) atoms. The Bertz CT molecular complexity index is 930. The third-order valence-electron chi connectivity index (χ3n) is 5.10. The summed E-state index contributed by atoms with van der Waals surface area (Å²) in [5, 5.41) is 3.45. The molecule has 176 valence electrons. The summed E-state index contributed by atoms with van der Waals surface area (Å²) in [5.74, 6) is 1.38. The Morgan fingerprint density at radius 2 is 1.91 bits per heavy atom. The number of para-hydroxylation sites is 1. The summed E-state index contributed by atoms with van der Waals surface area (Å²) in [7, 11) is -1.04. The number of benzene rings is 2. The molecule has 0 spiro atoms. The molecule has 0 fully saturated rings. The van der Waals surface area contributed by atoms with Crippen molar-refractivity contribution < 1.29 is 14.0 Å². The van der Waals surface area contributed by atoms with Crippen LogP contribution in [0.2, 0.25) is 0 Å². The summed E-state index contributed by atoms with van der Waals surface area (Å²) in [4.78, 5) is 6.44. The monoisotopic (exact) mass is 470 g/mol. The van der Waals surface area contributed by atoms with Gasteiger partial charge in [0.15, 0.2) is 8.30 Å². The number of rotatable bonds is 13. The van der Waals surface area contributed by atoms with Gasteiger partial charge in [0.25, 0.3) is 0 Å². The molecule has 0 radical (unpaired) electrons. The second kappa shape index (κ2) is 12.0. The van der Waals surface area contributed by atoms with Crippen LogP contribution in [0, 0.1) is 0 Å². The van der Waals surface area contributed by atoms with Crippen LogP contribution in [-0.2, 0) is 16.1 Å². The normalized spacial score (nSPS) is 18.8. The molecule has 3 atom stereocenters. The fourth-order valence-corrected chi connectivity index (χ4v) is 4.74. The van der Waals surface area contributed by atoms with E-state index in [2.05, 4.69) is 38.0 Å². The Balaban J connectivity index is 1.22. The SMILES string of the molecule is C[C@H](CN1C=NC2=C(N)NNC21)OCP(NCCOCc1ccccc1)Oc1ccccc1. The first kappa shape index (κ1) is 23.5. The average Bonchev–Trinajstić information content (AvgIpc) is 3.41. The molecule has 0 amide bonds. The van der Waals surface area contributed by atoms with E-state index in [9.17, 15) is 0 Å². The van der Waals surface area contributed by atoms with Crippen LogP contribution < -0.4 is 26.2 Å². The van der Waals surface area contributed by atoms with Gasteiger partial charge in [-0.05, 0) is 24.6 Å². The molecule has 0 aromatic heterocycles. The lowest BCUT2D eigenvalue weighted by atomic mass is 10.2. The number of aliphatic imine (C=N–C) groups is 1. The third kappa shape index (κ3) is 6.90. The summed E-state index contributed by atoms with van der Waals surface area (Å²) >= 11 is 0. The number of fused-ring (bicyclic) bond motifs is 1. The highest BCUT2D eigenvalue weighted by molar-refractivity contribution is 7.50. The van der Waals surface area contributed by atoms with Gasteiger partial charge in [0.1, 0.15) is 29.8 Å². The Hall–Kier alpha value is -2.68. The average molecular weight is 471 g/mol. The molecule has 2 aliphatic rings. The van der Waals surface area contributed by atoms with Crippen molar-refractivity contribution in [2.45, 2.75) is 25.8 Å². The van der Waals surface area contributed by atoms with Gasteiger partial charge in [0.2, 0.25) is 0 Å². The molecule has 0 aliphatic carbocycles. The van der Waals surface area contributed by atoms with Crippen molar-refractivity contribution in [1.29, 1.82) is 0 Å². The molecule has 2 heterocycles. The molecule has 0 saturated heterocycles. The number of nitrogens with zero attached hydrogens (tertiary/aromatic N) is 2. The van der Waals surface area contributed by atoms with Gasteiger partial charge in [0.05, 0.1) is 25.7 Å². The summed E-state index contributed by atoms with van der Waals surface area (Å²) < 4.78 is 18.1. The van der Waals surface area contributed by atoms with E-state index in [0.717, 1.165) is 17.0 Å². The van der Waals surface area contributed by atoms with Crippen LogP contribution in [0.25, 0.3) is 0 Å². The van der Waals surface area contributed by atoms with Gasteiger partial charge in [-0.2, -0.15) is 0 Å². The third-order valence-corrected chi connectivity index (χ3v) is 6.50. The highest BCUT2D eigenvalue weighted by atomic mass is 31.2. The molecule has 2 aliphatic heterocycles. The number of nitrogens with one attached hydrogen (secondary N) is 3. The summed E-state index contributed by atoms with van der Waals surface area (Å²) in [6, 6.07) is 19.9. The van der Waals surface area contributed by atoms with E-state index < -0.39 is 8.30 Å². The number of ether oxygens (including phenoxy) is 2. The predicted molar refractivity (Wildman–Crippen MR) is 130 cm³/mol. The van der Waals surface area contributed by atoms with Crippen molar-refractivity contribution in [2.24, 2.45) is 10.7 Å². The Morgan fingerprint density at radius 3 is 2.70 bits per heavy atom. The molecule has 0 bridgehead atoms. The highest BCUT2D eigenvalue weighted by Gasteiger charge is 2.33. The lowest BCUT2D eigenvalue weighted by Crippen LogP contribution is -2.46. The van der Waals surface area contributed by atoms with Crippen molar-refractivity contribution in [3.05, 3.63) is 77.7 Å². The maximum Gasteiger partial charge on any atom is 0.187 e. The minimum Gasteiger partial charge on any atom is -0.456 e. The first-order chi connectivity index (χ1) is 16.2. The van der Waals surface area contributed by atoms with Crippen LogP contribution in [0.3, 0.4) is 0 Å². The van der Waals surface area contributed by atoms with Gasteiger partial charge in [-0.25, -0.2) is 10.4 Å². The van der Waals surface area contributed by atoms with Gasteiger partial charge in [-0.3, -0.25) is 5.09 Å². The van der Waals surface area contributed by atoms with Gasteiger partial charge in [-0.15, -0.1) is 0 Å². The number of hydrazine groups is 1. The lowest BCUT2D eigenvalue weighted by molar-refractivity contribution is 0.0745. The first-order valence-corrected chi connectivity index (χ1v) is 12.4. The maximum atomic E-state index is 6.17. The van der Waals surface area contributed by atoms with Crippen LogP contribution in [0.1, 0.15) is 12.5 Å². The molecule has 10 heteroatoms. The van der Waals surface area contributed by atoms with E-state index in [4.69, 9.17) is 19.7 Å². The molecule has 2 aromatic carbocycles. The van der Waals surface area contributed by atoms with Gasteiger partial charge in [0, 0.05) is 13.1 Å². The maximum absolute atomic E-state index is 6.17. The molecular formula is C23H31N6O3P. The van der Waals surface area contributed by atoms with Crippen molar-refractivity contribution in [3.63, 3.8) is 0 Å². The van der Waals surface area contributed by atoms with E-state index >= 15 is 0 Å². The summed E-state index contributed by atoms with van der Waals surface area (Å²) in [5.41, 5.74) is 13.9. The first-order valence-electron chi connectivity index (χ1n) is 11.0. The van der Waals surface area contributed by atoms with Crippen LogP contribution in [-0.4, -0.2) is 49.6 Å². The molecule has 9 nitrogen and oxygen atoms in total. The second-order valence-electron chi connectivity index (χ2n) is 7.75. The fraction of sp³-hybridized carbons (Fsp3) is 0.348. The van der Waals surface area contributed by atoms with Crippen LogP contribution in [0.15, 0.2) is 77.2 Å². The molecule has 2 aromatic rings. The second-order valence-corrected chi connectivity index (χ2v) is 9.26. The molecular weight excluding hydrogens is 439 g/mol. The lowest BCUT2D eigenvalue weighted by Gasteiger charge is -2.27.